The summed E-state index contributed by atoms with van der Waals surface area (Å²) in [6.07, 6.45) is 5.57. The van der Waals surface area contributed by atoms with Gasteiger partial charge in [-0.3, -0.25) is 9.69 Å². The Balaban J connectivity index is 2.25. The highest BCUT2D eigenvalue weighted by atomic mass is 16.2. The zero-order chi connectivity index (χ0) is 15.5. The number of rotatable bonds is 9. The Morgan fingerprint density at radius 3 is 2.52 bits per heavy atom. The Kier molecular flexibility index (Phi) is 9.04. The van der Waals surface area contributed by atoms with Crippen molar-refractivity contribution in [1.82, 2.24) is 9.80 Å². The molecule has 120 valence electrons. The third-order valence-corrected chi connectivity index (χ3v) is 4.30. The minimum Gasteiger partial charge on any atom is -0.340 e. The van der Waals surface area contributed by atoms with Crippen LogP contribution in [0.4, 0.5) is 0 Å². The molecule has 5 nitrogen and oxygen atoms in total. The van der Waals surface area contributed by atoms with Crippen LogP contribution in [0, 0.1) is 17.2 Å². The Morgan fingerprint density at radius 2 is 1.95 bits per heavy atom. The summed E-state index contributed by atoms with van der Waals surface area (Å²) in [4.78, 5) is 16.5. The maximum atomic E-state index is 12.3. The summed E-state index contributed by atoms with van der Waals surface area (Å²) in [6, 6.07) is 2.17. The maximum Gasteiger partial charge on any atom is 0.222 e. The highest BCUT2D eigenvalue weighted by molar-refractivity contribution is 5.76. The van der Waals surface area contributed by atoms with E-state index in [0.29, 0.717) is 18.8 Å². The van der Waals surface area contributed by atoms with Crippen molar-refractivity contribution in [2.75, 3.05) is 39.3 Å². The molecule has 5 heteroatoms. The molecule has 1 rings (SSSR count). The molecule has 1 amide bonds. The van der Waals surface area contributed by atoms with Crippen LogP contribution in [-0.4, -0.2) is 55.0 Å². The molecule has 1 atom stereocenters. The van der Waals surface area contributed by atoms with Crippen LogP contribution < -0.4 is 5.73 Å². The molecule has 1 saturated heterocycles. The largest absolute Gasteiger partial charge is 0.340 e. The van der Waals surface area contributed by atoms with E-state index in [4.69, 9.17) is 11.0 Å². The van der Waals surface area contributed by atoms with Crippen molar-refractivity contribution in [2.24, 2.45) is 11.7 Å². The summed E-state index contributed by atoms with van der Waals surface area (Å²) in [7, 11) is 0. The van der Waals surface area contributed by atoms with Crippen LogP contribution in [0.5, 0.6) is 0 Å². The van der Waals surface area contributed by atoms with E-state index in [9.17, 15) is 4.79 Å². The van der Waals surface area contributed by atoms with Crippen LogP contribution in [-0.2, 0) is 4.79 Å². The van der Waals surface area contributed by atoms with E-state index < -0.39 is 0 Å². The molecule has 0 bridgehead atoms. The molecule has 0 aromatic rings. The van der Waals surface area contributed by atoms with Crippen molar-refractivity contribution in [3.05, 3.63) is 0 Å². The van der Waals surface area contributed by atoms with Gasteiger partial charge in [0.25, 0.3) is 0 Å². The average molecular weight is 294 g/mol. The highest BCUT2D eigenvalue weighted by Gasteiger charge is 2.21. The molecule has 1 aliphatic rings. The minimum absolute atomic E-state index is 0.285. The second kappa shape index (κ2) is 10.6. The van der Waals surface area contributed by atoms with Gasteiger partial charge in [0.15, 0.2) is 0 Å². The third kappa shape index (κ3) is 6.92. The van der Waals surface area contributed by atoms with Crippen molar-refractivity contribution >= 4 is 5.91 Å². The van der Waals surface area contributed by atoms with Crippen LogP contribution in [0.25, 0.3) is 0 Å². The van der Waals surface area contributed by atoms with Crippen molar-refractivity contribution < 1.29 is 4.79 Å². The molecular weight excluding hydrogens is 264 g/mol. The molecule has 0 aromatic carbocycles. The molecule has 2 N–H and O–H groups in total. The summed E-state index contributed by atoms with van der Waals surface area (Å²) < 4.78 is 0. The smallest absolute Gasteiger partial charge is 0.222 e. The quantitative estimate of drug-likeness (QED) is 0.701. The van der Waals surface area contributed by atoms with Gasteiger partial charge in [0.05, 0.1) is 6.07 Å². The Bertz CT molecular complexity index is 326. The van der Waals surface area contributed by atoms with Crippen molar-refractivity contribution in [2.45, 2.75) is 45.4 Å². The zero-order valence-corrected chi connectivity index (χ0v) is 13.4. The standard InChI is InChI=1S/C16H30N4O/c1-2-4-15(7-9-18)5-6-16(21)20-13-11-19(12-14-20)10-3-8-17/h15H,2-7,9-14,18H2,1H3. The molecule has 21 heavy (non-hydrogen) atoms. The van der Waals surface area contributed by atoms with Gasteiger partial charge in [0, 0.05) is 45.6 Å². The first-order chi connectivity index (χ1) is 10.2. The molecule has 0 radical (unpaired) electrons. The van der Waals surface area contributed by atoms with Gasteiger partial charge < -0.3 is 10.6 Å². The lowest BCUT2D eigenvalue weighted by molar-refractivity contribution is -0.133. The van der Waals surface area contributed by atoms with Crippen molar-refractivity contribution in [3.8, 4) is 6.07 Å². The first-order valence-corrected chi connectivity index (χ1v) is 8.28. The molecule has 1 fully saturated rings. The number of nitrogens with two attached hydrogens (primary N) is 1. The van der Waals surface area contributed by atoms with Crippen LogP contribution in [0.3, 0.4) is 0 Å². The van der Waals surface area contributed by atoms with Gasteiger partial charge in [-0.15, -0.1) is 0 Å². The number of hydrogen-bond donors (Lipinski definition) is 1. The molecule has 0 aromatic heterocycles. The normalized spacial score (nSPS) is 17.5. The number of amides is 1. The van der Waals surface area contributed by atoms with Crippen LogP contribution in [0.1, 0.15) is 45.4 Å². The van der Waals surface area contributed by atoms with Crippen molar-refractivity contribution in [3.63, 3.8) is 0 Å². The maximum absolute atomic E-state index is 12.3. The second-order valence-corrected chi connectivity index (χ2v) is 5.90. The Morgan fingerprint density at radius 1 is 1.24 bits per heavy atom. The van der Waals surface area contributed by atoms with Gasteiger partial charge in [-0.25, -0.2) is 0 Å². The van der Waals surface area contributed by atoms with Crippen LogP contribution in [0.2, 0.25) is 0 Å². The molecule has 0 spiro atoms. The van der Waals surface area contributed by atoms with E-state index >= 15 is 0 Å². The fourth-order valence-corrected chi connectivity index (χ4v) is 2.99. The lowest BCUT2D eigenvalue weighted by atomic mass is 9.94. The Labute approximate surface area is 129 Å². The molecule has 1 unspecified atom stereocenters. The van der Waals surface area contributed by atoms with Crippen LogP contribution >= 0.6 is 0 Å². The van der Waals surface area contributed by atoms with Gasteiger partial charge >= 0.3 is 0 Å². The number of carbonyl (C=O) groups is 1. The van der Waals surface area contributed by atoms with E-state index in [1.807, 2.05) is 4.90 Å². The number of nitriles is 1. The highest BCUT2D eigenvalue weighted by Crippen LogP contribution is 2.18. The first kappa shape index (κ1) is 17.9. The zero-order valence-electron chi connectivity index (χ0n) is 13.4. The summed E-state index contributed by atoms with van der Waals surface area (Å²) in [5, 5.41) is 8.60. The third-order valence-electron chi connectivity index (χ3n) is 4.30. The van der Waals surface area contributed by atoms with E-state index in [1.165, 1.54) is 6.42 Å². The van der Waals surface area contributed by atoms with E-state index in [-0.39, 0.29) is 5.91 Å². The van der Waals surface area contributed by atoms with E-state index in [0.717, 1.165) is 58.5 Å². The van der Waals surface area contributed by atoms with Gasteiger partial charge in [0.2, 0.25) is 5.91 Å². The van der Waals surface area contributed by atoms with E-state index in [1.54, 1.807) is 0 Å². The monoisotopic (exact) mass is 294 g/mol. The summed E-state index contributed by atoms with van der Waals surface area (Å²) in [6.45, 7) is 7.14. The lowest BCUT2D eigenvalue weighted by Gasteiger charge is -2.34. The number of piperazine rings is 1. The fraction of sp³-hybridized carbons (Fsp3) is 0.875. The lowest BCUT2D eigenvalue weighted by Crippen LogP contribution is -2.48. The molecule has 0 aliphatic carbocycles. The molecular formula is C16H30N4O. The van der Waals surface area contributed by atoms with Gasteiger partial charge in [-0.2, -0.15) is 5.26 Å². The Hall–Kier alpha value is -1.12. The van der Waals surface area contributed by atoms with E-state index in [2.05, 4.69) is 17.9 Å². The predicted molar refractivity (Wildman–Crippen MR) is 84.6 cm³/mol. The number of carbonyl (C=O) groups excluding carboxylic acids is 1. The first-order valence-electron chi connectivity index (χ1n) is 8.28. The topological polar surface area (TPSA) is 73.4 Å². The van der Waals surface area contributed by atoms with Gasteiger partial charge in [0.1, 0.15) is 0 Å². The SMILES string of the molecule is CCCC(CCN)CCC(=O)N1CCN(CCC#N)CC1. The van der Waals surface area contributed by atoms with Crippen LogP contribution in [0.15, 0.2) is 0 Å². The van der Waals surface area contributed by atoms with Gasteiger partial charge in [-0.05, 0) is 25.3 Å². The fourth-order valence-electron chi connectivity index (χ4n) is 2.99. The number of nitrogens with zero attached hydrogens (tertiary/aromatic N) is 3. The predicted octanol–water partition coefficient (Wildman–Crippen LogP) is 1.59. The van der Waals surface area contributed by atoms with Gasteiger partial charge in [-0.1, -0.05) is 19.8 Å². The molecule has 0 saturated carbocycles. The second-order valence-electron chi connectivity index (χ2n) is 5.90. The molecule has 1 heterocycles. The minimum atomic E-state index is 0.285. The summed E-state index contributed by atoms with van der Waals surface area (Å²) in [5.41, 5.74) is 5.64. The summed E-state index contributed by atoms with van der Waals surface area (Å²) in [5.74, 6) is 0.883. The summed E-state index contributed by atoms with van der Waals surface area (Å²) >= 11 is 0. The average Bonchev–Trinajstić information content (AvgIpc) is 2.51. The van der Waals surface area contributed by atoms with Crippen molar-refractivity contribution in [1.29, 1.82) is 5.26 Å². The number of hydrogen-bond acceptors (Lipinski definition) is 4. The molecule has 1 aliphatic heterocycles.